The summed E-state index contributed by atoms with van der Waals surface area (Å²) < 4.78 is 0. The van der Waals surface area contributed by atoms with Gasteiger partial charge in [-0.3, -0.25) is 4.79 Å². The predicted octanol–water partition coefficient (Wildman–Crippen LogP) is 2.88. The maximum absolute atomic E-state index is 11.2. The maximum Gasteiger partial charge on any atom is 0.155 e. The number of allylic oxidation sites excluding steroid dienone is 4. The summed E-state index contributed by atoms with van der Waals surface area (Å²) in [6.45, 7) is 1.69. The number of hydrogen-bond acceptors (Lipinski definition) is 1. The van der Waals surface area contributed by atoms with Crippen LogP contribution < -0.4 is 0 Å². The SMILES string of the molecule is CC(=O)C1=CC2CCC=CC2CC1. The molecule has 0 aromatic heterocycles. The molecule has 70 valence electrons. The molecule has 2 atom stereocenters. The summed E-state index contributed by atoms with van der Waals surface area (Å²) in [5.41, 5.74) is 1.07. The lowest BCUT2D eigenvalue weighted by atomic mass is 9.75. The molecule has 0 aromatic rings. The monoisotopic (exact) mass is 176 g/mol. The number of carbonyl (C=O) groups excluding carboxylic acids is 1. The molecule has 0 aliphatic heterocycles. The first-order valence-electron chi connectivity index (χ1n) is 5.15. The van der Waals surface area contributed by atoms with Gasteiger partial charge in [-0.25, -0.2) is 0 Å². The van der Waals surface area contributed by atoms with Crippen LogP contribution in [0.4, 0.5) is 0 Å². The first kappa shape index (κ1) is 8.74. The average Bonchev–Trinajstić information content (AvgIpc) is 2.17. The van der Waals surface area contributed by atoms with E-state index in [1.807, 2.05) is 0 Å². The third-order valence-electron chi connectivity index (χ3n) is 3.21. The lowest BCUT2D eigenvalue weighted by Gasteiger charge is -2.29. The number of ketones is 1. The minimum absolute atomic E-state index is 0.271. The van der Waals surface area contributed by atoms with Gasteiger partial charge in [-0.1, -0.05) is 18.2 Å². The molecule has 1 heteroatoms. The van der Waals surface area contributed by atoms with Gasteiger partial charge >= 0.3 is 0 Å². The van der Waals surface area contributed by atoms with Gasteiger partial charge in [-0.15, -0.1) is 0 Å². The highest BCUT2D eigenvalue weighted by Gasteiger charge is 2.25. The minimum atomic E-state index is 0.271. The van der Waals surface area contributed by atoms with Crippen LogP contribution in [0, 0.1) is 11.8 Å². The van der Waals surface area contributed by atoms with Gasteiger partial charge in [0.05, 0.1) is 0 Å². The summed E-state index contributed by atoms with van der Waals surface area (Å²) in [6.07, 6.45) is 11.4. The summed E-state index contributed by atoms with van der Waals surface area (Å²) in [5, 5.41) is 0. The second kappa shape index (κ2) is 3.49. The molecule has 0 saturated carbocycles. The van der Waals surface area contributed by atoms with E-state index in [1.54, 1.807) is 6.92 Å². The molecule has 1 nitrogen and oxygen atoms in total. The van der Waals surface area contributed by atoms with Crippen molar-refractivity contribution in [1.82, 2.24) is 0 Å². The smallest absolute Gasteiger partial charge is 0.155 e. The normalized spacial score (nSPS) is 32.2. The van der Waals surface area contributed by atoms with Crippen molar-refractivity contribution >= 4 is 5.78 Å². The number of fused-ring (bicyclic) bond motifs is 1. The van der Waals surface area contributed by atoms with E-state index in [1.165, 1.54) is 19.3 Å². The van der Waals surface area contributed by atoms with Crippen LogP contribution in [0.3, 0.4) is 0 Å². The Morgan fingerprint density at radius 2 is 2.23 bits per heavy atom. The van der Waals surface area contributed by atoms with Crippen LogP contribution in [0.15, 0.2) is 23.8 Å². The van der Waals surface area contributed by atoms with Gasteiger partial charge in [0.15, 0.2) is 5.78 Å². The molecule has 0 amide bonds. The lowest BCUT2D eigenvalue weighted by Crippen LogP contribution is -2.20. The van der Waals surface area contributed by atoms with E-state index in [4.69, 9.17) is 0 Å². The van der Waals surface area contributed by atoms with E-state index < -0.39 is 0 Å². The molecule has 0 radical (unpaired) electrons. The Morgan fingerprint density at radius 3 is 3.00 bits per heavy atom. The van der Waals surface area contributed by atoms with Gasteiger partial charge < -0.3 is 0 Å². The Morgan fingerprint density at radius 1 is 1.38 bits per heavy atom. The molecule has 2 unspecified atom stereocenters. The van der Waals surface area contributed by atoms with Gasteiger partial charge in [0.1, 0.15) is 0 Å². The average molecular weight is 176 g/mol. The van der Waals surface area contributed by atoms with E-state index in [0.717, 1.165) is 17.9 Å². The molecule has 0 saturated heterocycles. The van der Waals surface area contributed by atoms with Crippen molar-refractivity contribution in [2.24, 2.45) is 11.8 Å². The highest BCUT2D eigenvalue weighted by atomic mass is 16.1. The molecule has 2 rings (SSSR count). The molecule has 2 aliphatic rings. The summed E-state index contributed by atoms with van der Waals surface area (Å²) in [5.74, 6) is 1.64. The third-order valence-corrected chi connectivity index (χ3v) is 3.21. The van der Waals surface area contributed by atoms with E-state index in [2.05, 4.69) is 18.2 Å². The van der Waals surface area contributed by atoms with Crippen molar-refractivity contribution in [3.05, 3.63) is 23.8 Å². The summed E-state index contributed by atoms with van der Waals surface area (Å²) in [7, 11) is 0. The first-order chi connectivity index (χ1) is 6.27. The molecule has 0 aromatic carbocycles. The Labute approximate surface area is 79.5 Å². The fourth-order valence-corrected chi connectivity index (χ4v) is 2.39. The molecule has 0 heterocycles. The highest BCUT2D eigenvalue weighted by molar-refractivity contribution is 5.93. The zero-order valence-corrected chi connectivity index (χ0v) is 8.12. The maximum atomic E-state index is 11.2. The van der Waals surface area contributed by atoms with Crippen molar-refractivity contribution in [3.8, 4) is 0 Å². The Kier molecular flexibility index (Phi) is 2.34. The Bertz CT molecular complexity index is 273. The molecule has 0 bridgehead atoms. The second-order valence-electron chi connectivity index (χ2n) is 4.12. The van der Waals surface area contributed by atoms with E-state index in [-0.39, 0.29) is 5.78 Å². The topological polar surface area (TPSA) is 17.1 Å². The van der Waals surface area contributed by atoms with Gasteiger partial charge in [0.2, 0.25) is 0 Å². The van der Waals surface area contributed by atoms with Gasteiger partial charge in [0, 0.05) is 0 Å². The number of hydrogen-bond donors (Lipinski definition) is 0. The minimum Gasteiger partial charge on any atom is -0.295 e. The largest absolute Gasteiger partial charge is 0.295 e. The third kappa shape index (κ3) is 1.74. The summed E-state index contributed by atoms with van der Waals surface area (Å²) >= 11 is 0. The van der Waals surface area contributed by atoms with Crippen molar-refractivity contribution in [2.75, 3.05) is 0 Å². The number of rotatable bonds is 1. The Hall–Kier alpha value is -0.850. The van der Waals surface area contributed by atoms with Crippen LogP contribution >= 0.6 is 0 Å². The van der Waals surface area contributed by atoms with Crippen LogP contribution in [0.5, 0.6) is 0 Å². The molecular formula is C12H16O. The van der Waals surface area contributed by atoms with Crippen molar-refractivity contribution in [2.45, 2.75) is 32.6 Å². The fourth-order valence-electron chi connectivity index (χ4n) is 2.39. The standard InChI is InChI=1S/C12H16O/c1-9(13)11-7-6-10-4-2-3-5-12(10)8-11/h2,4,8,10,12H,3,5-7H2,1H3. The van der Waals surface area contributed by atoms with Crippen LogP contribution in [-0.4, -0.2) is 5.78 Å². The van der Waals surface area contributed by atoms with E-state index in [9.17, 15) is 4.79 Å². The quantitative estimate of drug-likeness (QED) is 0.561. The van der Waals surface area contributed by atoms with Crippen LogP contribution in [0.1, 0.15) is 32.6 Å². The van der Waals surface area contributed by atoms with Gasteiger partial charge in [-0.2, -0.15) is 0 Å². The molecular weight excluding hydrogens is 160 g/mol. The van der Waals surface area contributed by atoms with Crippen molar-refractivity contribution < 1.29 is 4.79 Å². The second-order valence-corrected chi connectivity index (χ2v) is 4.12. The van der Waals surface area contributed by atoms with Crippen molar-refractivity contribution in [3.63, 3.8) is 0 Å². The zero-order valence-electron chi connectivity index (χ0n) is 8.12. The van der Waals surface area contributed by atoms with E-state index >= 15 is 0 Å². The number of Topliss-reactive ketones (excluding diaryl/α,β-unsaturated/α-hetero) is 1. The summed E-state index contributed by atoms with van der Waals surface area (Å²) in [6, 6.07) is 0. The summed E-state index contributed by atoms with van der Waals surface area (Å²) in [4.78, 5) is 11.2. The van der Waals surface area contributed by atoms with Gasteiger partial charge in [-0.05, 0) is 50.0 Å². The molecule has 0 N–H and O–H groups in total. The molecule has 13 heavy (non-hydrogen) atoms. The van der Waals surface area contributed by atoms with E-state index in [0.29, 0.717) is 5.92 Å². The number of carbonyl (C=O) groups is 1. The predicted molar refractivity (Wildman–Crippen MR) is 53.4 cm³/mol. The van der Waals surface area contributed by atoms with Gasteiger partial charge in [0.25, 0.3) is 0 Å². The van der Waals surface area contributed by atoms with Crippen molar-refractivity contribution in [1.29, 1.82) is 0 Å². The highest BCUT2D eigenvalue weighted by Crippen LogP contribution is 2.35. The molecule has 0 fully saturated rings. The first-order valence-corrected chi connectivity index (χ1v) is 5.15. The Balaban J connectivity index is 2.17. The molecule has 0 spiro atoms. The van der Waals surface area contributed by atoms with Crippen LogP contribution in [0.25, 0.3) is 0 Å². The molecule has 2 aliphatic carbocycles. The van der Waals surface area contributed by atoms with Crippen LogP contribution in [-0.2, 0) is 4.79 Å². The lowest BCUT2D eigenvalue weighted by molar-refractivity contribution is -0.113. The fraction of sp³-hybridized carbons (Fsp3) is 0.583. The van der Waals surface area contributed by atoms with Crippen LogP contribution in [0.2, 0.25) is 0 Å². The zero-order chi connectivity index (χ0) is 9.26.